The Morgan fingerprint density at radius 3 is 2.62 bits per heavy atom. The van der Waals surface area contributed by atoms with E-state index < -0.39 is 5.60 Å². The third-order valence-corrected chi connectivity index (χ3v) is 7.29. The van der Waals surface area contributed by atoms with Crippen LogP contribution in [0.15, 0.2) is 36.7 Å². The van der Waals surface area contributed by atoms with Crippen LogP contribution in [0.25, 0.3) is 21.9 Å². The second-order valence-corrected chi connectivity index (χ2v) is 11.9. The molecule has 9 nitrogen and oxygen atoms in total. The first-order valence-electron chi connectivity index (χ1n) is 13.4. The molecule has 5 rings (SSSR count). The molecule has 2 aromatic heterocycles. The molecule has 0 spiro atoms. The summed E-state index contributed by atoms with van der Waals surface area (Å²) in [5.74, 6) is 0.892. The van der Waals surface area contributed by atoms with E-state index in [0.29, 0.717) is 51.0 Å². The van der Waals surface area contributed by atoms with Crippen LogP contribution in [0, 0.1) is 0 Å². The molecule has 0 saturated carbocycles. The molecule has 0 radical (unpaired) electrons. The molecule has 1 aliphatic heterocycles. The molecule has 11 heteroatoms. The lowest BCUT2D eigenvalue weighted by atomic mass is 10.1. The Balaban J connectivity index is 1.43. The van der Waals surface area contributed by atoms with Gasteiger partial charge in [-0.05, 0) is 76.8 Å². The van der Waals surface area contributed by atoms with E-state index in [0.717, 1.165) is 37.0 Å². The first-order valence-corrected chi connectivity index (χ1v) is 14.2. The zero-order valence-corrected chi connectivity index (χ0v) is 24.3. The number of nitrogens with zero attached hydrogens (tertiary/aromatic N) is 4. The summed E-state index contributed by atoms with van der Waals surface area (Å²) in [6.07, 6.45) is 4.84. The Bertz CT molecular complexity index is 1560. The van der Waals surface area contributed by atoms with Gasteiger partial charge >= 0.3 is 5.97 Å². The number of anilines is 1. The molecule has 1 atom stereocenters. The maximum atomic E-state index is 13.1. The van der Waals surface area contributed by atoms with Gasteiger partial charge in [-0.15, -0.1) is 0 Å². The number of hydrogen-bond donors (Lipinski definition) is 2. The number of H-pyrrole nitrogens is 1. The molecular formula is C29H32Cl2N6O3. The summed E-state index contributed by atoms with van der Waals surface area (Å²) in [5.41, 5.74) is 2.08. The number of esters is 1. The molecule has 40 heavy (non-hydrogen) atoms. The summed E-state index contributed by atoms with van der Waals surface area (Å²) < 4.78 is 5.48. The third-order valence-electron chi connectivity index (χ3n) is 6.75. The zero-order chi connectivity index (χ0) is 28.4. The highest BCUT2D eigenvalue weighted by molar-refractivity contribution is 6.35. The fraction of sp³-hybridized carbons (Fsp3) is 0.414. The SMILES string of the molecule is CC(C)(C)OC(=O)CCC[C@H](Nc1ncnc2cc(C(=O)N3CCCC3)c(Cl)cc12)c1nc2cc(Cl)ccc2[nH]1. The predicted molar refractivity (Wildman–Crippen MR) is 157 cm³/mol. The van der Waals surface area contributed by atoms with Gasteiger partial charge < -0.3 is 19.9 Å². The standard InChI is InChI=1S/C29H32Cl2N6O3/c1-29(2,3)40-25(38)8-6-7-22(27-34-21-10-9-17(30)13-24(21)36-27)35-26-19-14-20(31)18(15-23(19)32-16-33-26)28(39)37-11-4-5-12-37/h9-10,13-16,22H,4-8,11-12H2,1-3H3,(H,34,36)(H,32,33,35)/t22-/m0/s1. The Kier molecular flexibility index (Phi) is 8.14. The zero-order valence-electron chi connectivity index (χ0n) is 22.8. The van der Waals surface area contributed by atoms with Gasteiger partial charge in [0, 0.05) is 29.9 Å². The van der Waals surface area contributed by atoms with Gasteiger partial charge in [0.15, 0.2) is 0 Å². The van der Waals surface area contributed by atoms with E-state index in [1.54, 1.807) is 24.3 Å². The van der Waals surface area contributed by atoms with E-state index in [2.05, 4.69) is 20.3 Å². The van der Waals surface area contributed by atoms with Crippen molar-refractivity contribution in [3.8, 4) is 0 Å². The molecule has 2 N–H and O–H groups in total. The molecule has 4 aromatic rings. The summed E-state index contributed by atoms with van der Waals surface area (Å²) in [5, 5.41) is 5.11. The van der Waals surface area contributed by atoms with Gasteiger partial charge in [-0.3, -0.25) is 9.59 Å². The number of aromatic amines is 1. The van der Waals surface area contributed by atoms with Crippen molar-refractivity contribution in [1.29, 1.82) is 0 Å². The Labute approximate surface area is 242 Å². The lowest BCUT2D eigenvalue weighted by molar-refractivity contribution is -0.154. The average molecular weight is 584 g/mol. The minimum absolute atomic E-state index is 0.0847. The molecule has 0 bridgehead atoms. The van der Waals surface area contributed by atoms with E-state index in [1.165, 1.54) is 6.33 Å². The first kappa shape index (κ1) is 28.1. The monoisotopic (exact) mass is 582 g/mol. The van der Waals surface area contributed by atoms with E-state index in [1.807, 2.05) is 31.7 Å². The van der Waals surface area contributed by atoms with E-state index >= 15 is 0 Å². The average Bonchev–Trinajstić information content (AvgIpc) is 3.57. The molecule has 1 saturated heterocycles. The molecule has 3 heterocycles. The fourth-order valence-corrected chi connectivity index (χ4v) is 5.31. The molecule has 0 aliphatic carbocycles. The molecule has 0 unspecified atom stereocenters. The van der Waals surface area contributed by atoms with Crippen LogP contribution in [0.4, 0.5) is 5.82 Å². The Hall–Kier alpha value is -3.43. The van der Waals surface area contributed by atoms with Crippen LogP contribution < -0.4 is 5.32 Å². The number of carbonyl (C=O) groups is 2. The van der Waals surface area contributed by atoms with Gasteiger partial charge in [0.05, 0.1) is 33.2 Å². The van der Waals surface area contributed by atoms with Crippen LogP contribution >= 0.6 is 23.2 Å². The van der Waals surface area contributed by atoms with Crippen molar-refractivity contribution in [1.82, 2.24) is 24.8 Å². The van der Waals surface area contributed by atoms with Crippen molar-refractivity contribution in [2.24, 2.45) is 0 Å². The molecule has 1 amide bonds. The number of likely N-dealkylation sites (tertiary alicyclic amines) is 1. The smallest absolute Gasteiger partial charge is 0.306 e. The van der Waals surface area contributed by atoms with Gasteiger partial charge in [0.1, 0.15) is 23.6 Å². The summed E-state index contributed by atoms with van der Waals surface area (Å²) in [6, 6.07) is 8.62. The maximum absolute atomic E-state index is 13.1. The van der Waals surface area contributed by atoms with E-state index in [-0.39, 0.29) is 24.3 Å². The van der Waals surface area contributed by atoms with Crippen molar-refractivity contribution >= 4 is 62.8 Å². The number of aromatic nitrogens is 4. The minimum atomic E-state index is -0.541. The van der Waals surface area contributed by atoms with Crippen LogP contribution in [0.5, 0.6) is 0 Å². The maximum Gasteiger partial charge on any atom is 0.306 e. The van der Waals surface area contributed by atoms with Crippen molar-refractivity contribution in [2.75, 3.05) is 18.4 Å². The van der Waals surface area contributed by atoms with Crippen LogP contribution in [0.2, 0.25) is 10.0 Å². The fourth-order valence-electron chi connectivity index (χ4n) is 4.90. The molecule has 2 aromatic carbocycles. The van der Waals surface area contributed by atoms with Gasteiger partial charge in [0.2, 0.25) is 0 Å². The number of halogens is 2. The quantitative estimate of drug-likeness (QED) is 0.222. The van der Waals surface area contributed by atoms with Crippen LogP contribution in [-0.2, 0) is 9.53 Å². The second kappa shape index (κ2) is 11.6. The van der Waals surface area contributed by atoms with Crippen molar-refractivity contribution < 1.29 is 14.3 Å². The first-order chi connectivity index (χ1) is 19.1. The number of hydrogen-bond acceptors (Lipinski definition) is 7. The molecular weight excluding hydrogens is 551 g/mol. The van der Waals surface area contributed by atoms with Gasteiger partial charge in [-0.25, -0.2) is 15.0 Å². The number of amides is 1. The summed E-state index contributed by atoms with van der Waals surface area (Å²) in [6.45, 7) is 7.02. The Morgan fingerprint density at radius 2 is 1.88 bits per heavy atom. The van der Waals surface area contributed by atoms with Crippen LogP contribution in [0.3, 0.4) is 0 Å². The number of imidazole rings is 1. The topological polar surface area (TPSA) is 113 Å². The molecule has 1 aliphatic rings. The Morgan fingerprint density at radius 1 is 1.10 bits per heavy atom. The van der Waals surface area contributed by atoms with Gasteiger partial charge in [-0.1, -0.05) is 23.2 Å². The summed E-state index contributed by atoms with van der Waals surface area (Å²) >= 11 is 12.8. The van der Waals surface area contributed by atoms with Gasteiger partial charge in [-0.2, -0.15) is 0 Å². The number of rotatable bonds is 8. The van der Waals surface area contributed by atoms with Crippen molar-refractivity contribution in [3.63, 3.8) is 0 Å². The number of nitrogens with one attached hydrogen (secondary N) is 2. The highest BCUT2D eigenvalue weighted by Crippen LogP contribution is 2.32. The lowest BCUT2D eigenvalue weighted by Crippen LogP contribution is -2.27. The normalized spacial score (nSPS) is 14.6. The largest absolute Gasteiger partial charge is 0.460 e. The molecule has 210 valence electrons. The minimum Gasteiger partial charge on any atom is -0.460 e. The highest BCUT2D eigenvalue weighted by atomic mass is 35.5. The third kappa shape index (κ3) is 6.47. The van der Waals surface area contributed by atoms with Crippen LogP contribution in [-0.4, -0.2) is 55.4 Å². The number of fused-ring (bicyclic) bond motifs is 2. The highest BCUT2D eigenvalue weighted by Gasteiger charge is 2.24. The van der Waals surface area contributed by atoms with Crippen molar-refractivity contribution in [3.05, 3.63) is 58.1 Å². The van der Waals surface area contributed by atoms with E-state index in [4.69, 9.17) is 32.9 Å². The molecule has 1 fully saturated rings. The number of carbonyl (C=O) groups excluding carboxylic acids is 2. The summed E-state index contributed by atoms with van der Waals surface area (Å²) in [7, 11) is 0. The van der Waals surface area contributed by atoms with E-state index in [9.17, 15) is 9.59 Å². The van der Waals surface area contributed by atoms with Gasteiger partial charge in [0.25, 0.3) is 5.91 Å². The second-order valence-electron chi connectivity index (χ2n) is 11.0. The lowest BCUT2D eigenvalue weighted by Gasteiger charge is -2.21. The number of benzene rings is 2. The number of ether oxygens (including phenoxy) is 1. The predicted octanol–water partition coefficient (Wildman–Crippen LogP) is 6.71. The van der Waals surface area contributed by atoms with Crippen molar-refractivity contribution in [2.45, 2.75) is 64.5 Å². The summed E-state index contributed by atoms with van der Waals surface area (Å²) in [4.78, 5) is 44.3. The van der Waals surface area contributed by atoms with Crippen LogP contribution in [0.1, 0.15) is 75.1 Å².